The molecule has 6 heterocycles. The van der Waals surface area contributed by atoms with Gasteiger partial charge in [0.05, 0.1) is 22.8 Å². The van der Waals surface area contributed by atoms with E-state index < -0.39 is 0 Å². The third-order valence-electron chi connectivity index (χ3n) is 19.5. The molecule has 12 heteroatoms. The van der Waals surface area contributed by atoms with Crippen LogP contribution >= 0.6 is 11.3 Å². The number of hydrogen-bond donors (Lipinski definition) is 0. The lowest BCUT2D eigenvalue weighted by molar-refractivity contribution is 0.669. The molecule has 0 aliphatic carbocycles. The van der Waals surface area contributed by atoms with Crippen molar-refractivity contribution in [2.75, 3.05) is 0 Å². The van der Waals surface area contributed by atoms with E-state index in [0.29, 0.717) is 46.6 Å². The predicted molar refractivity (Wildman–Crippen MR) is 447 cm³/mol. The van der Waals surface area contributed by atoms with E-state index in [0.717, 1.165) is 134 Å². The van der Waals surface area contributed by atoms with Crippen LogP contribution in [0.15, 0.2) is 381 Å². The normalized spacial score (nSPS) is 11.3. The summed E-state index contributed by atoms with van der Waals surface area (Å²) in [5, 5.41) is 4.65. The zero-order valence-corrected chi connectivity index (χ0v) is 59.9. The van der Waals surface area contributed by atoms with E-state index in [1.807, 2.05) is 188 Å². The molecule has 0 bridgehead atoms. The van der Waals surface area contributed by atoms with Crippen LogP contribution in [0, 0.1) is 0 Å². The van der Waals surface area contributed by atoms with Gasteiger partial charge in [-0.3, -0.25) is 0 Å². The van der Waals surface area contributed by atoms with Gasteiger partial charge >= 0.3 is 0 Å². The molecule has 0 saturated carbocycles. The quantitative estimate of drug-likeness (QED) is 0.103. The minimum atomic E-state index is 0.575. The molecule has 0 spiro atoms. The Balaban J connectivity index is 0.000000149. The molecule has 110 heavy (non-hydrogen) atoms. The highest BCUT2D eigenvalue weighted by molar-refractivity contribution is 7.25. The number of para-hydroxylation sites is 1. The van der Waals surface area contributed by atoms with Gasteiger partial charge in [-0.15, -0.1) is 11.3 Å². The summed E-state index contributed by atoms with van der Waals surface area (Å²) in [4.78, 5) is 50.3. The molecule has 14 aromatic carbocycles. The summed E-state index contributed by atoms with van der Waals surface area (Å²) >= 11 is 1.79. The molecule has 0 fully saturated rings. The summed E-state index contributed by atoms with van der Waals surface area (Å²) in [6.45, 7) is 0. The molecule has 0 atom stereocenters. The minimum Gasteiger partial charge on any atom is -0.456 e. The van der Waals surface area contributed by atoms with E-state index in [-0.39, 0.29) is 0 Å². The molecule has 0 saturated heterocycles. The lowest BCUT2D eigenvalue weighted by Crippen LogP contribution is -2.00. The Bertz CT molecular complexity index is 6260. The van der Waals surface area contributed by atoms with Crippen molar-refractivity contribution in [3.8, 4) is 158 Å². The van der Waals surface area contributed by atoms with Crippen molar-refractivity contribution in [3.05, 3.63) is 376 Å². The van der Waals surface area contributed by atoms with Crippen molar-refractivity contribution < 1.29 is 4.42 Å². The van der Waals surface area contributed by atoms with Crippen molar-refractivity contribution >= 4 is 53.4 Å². The molecule has 0 N–H and O–H groups in total. The maximum Gasteiger partial charge on any atom is 0.164 e. The van der Waals surface area contributed by atoms with Crippen LogP contribution in [0.5, 0.6) is 0 Å². The molecule has 20 rings (SSSR count). The molecule has 0 aliphatic heterocycles. The topological polar surface area (TPSA) is 142 Å². The van der Waals surface area contributed by atoms with E-state index in [1.54, 1.807) is 11.3 Å². The van der Waals surface area contributed by atoms with Crippen LogP contribution in [0.25, 0.3) is 200 Å². The van der Waals surface area contributed by atoms with Crippen LogP contribution < -0.4 is 0 Å². The molecule has 6 aromatic heterocycles. The molecular weight excluding hydrogens is 1370 g/mol. The first kappa shape index (κ1) is 66.0. The van der Waals surface area contributed by atoms with Crippen LogP contribution in [0.2, 0.25) is 0 Å². The SMILES string of the molecule is c1ccc(-c2cc(-c3cccc(-c4cccc(-c5nc(-c6ccccc6)nc(-c6ccc7c(c6)oc6ccccc67)n5)c4)c3)nc(-c3ccccc3)n2)cc1.c1ccc(-c2cc(-c3cccc(-c4cccc(-c5nc(-c6ccccc6)nc(-c6ccc7c(c6)sc6ccccc67)n5)c4)c3)nc(-c3ccccc3)n2)cc1. The number of nitrogens with zero attached hydrogens (tertiary/aromatic N) is 10. The fourth-order valence-corrected chi connectivity index (χ4v) is 15.1. The number of thiophene rings is 1. The van der Waals surface area contributed by atoms with Crippen molar-refractivity contribution in [3.63, 3.8) is 0 Å². The van der Waals surface area contributed by atoms with Crippen LogP contribution in [0.3, 0.4) is 0 Å². The molecule has 0 aliphatic rings. The molecular formula is C98H62N10OS. The lowest BCUT2D eigenvalue weighted by atomic mass is 9.99. The second-order valence-electron chi connectivity index (χ2n) is 26.7. The fourth-order valence-electron chi connectivity index (χ4n) is 14.0. The molecule has 20 aromatic rings. The Morgan fingerprint density at radius 1 is 0.155 bits per heavy atom. The van der Waals surface area contributed by atoms with Gasteiger partial charge in [0.1, 0.15) is 11.2 Å². The molecule has 0 radical (unpaired) electrons. The van der Waals surface area contributed by atoms with E-state index in [1.165, 1.54) is 20.2 Å². The molecule has 11 nitrogen and oxygen atoms in total. The maximum absolute atomic E-state index is 6.23. The van der Waals surface area contributed by atoms with Crippen molar-refractivity contribution in [2.45, 2.75) is 0 Å². The van der Waals surface area contributed by atoms with Gasteiger partial charge in [-0.1, -0.05) is 309 Å². The van der Waals surface area contributed by atoms with Gasteiger partial charge < -0.3 is 4.42 Å². The van der Waals surface area contributed by atoms with E-state index >= 15 is 0 Å². The number of benzene rings is 14. The number of aromatic nitrogens is 10. The largest absolute Gasteiger partial charge is 0.456 e. The van der Waals surface area contributed by atoms with Crippen molar-refractivity contribution in [1.29, 1.82) is 0 Å². The number of hydrogen-bond acceptors (Lipinski definition) is 12. The van der Waals surface area contributed by atoms with Gasteiger partial charge in [0.15, 0.2) is 46.6 Å². The first-order valence-electron chi connectivity index (χ1n) is 36.3. The highest BCUT2D eigenvalue weighted by atomic mass is 32.1. The summed E-state index contributed by atoms with van der Waals surface area (Å²) in [7, 11) is 0. The van der Waals surface area contributed by atoms with Gasteiger partial charge in [-0.05, 0) is 89.0 Å². The Morgan fingerprint density at radius 2 is 0.427 bits per heavy atom. The maximum atomic E-state index is 6.23. The van der Waals surface area contributed by atoms with E-state index in [2.05, 4.69) is 188 Å². The Labute approximate surface area is 638 Å². The first-order valence-corrected chi connectivity index (χ1v) is 37.1. The second-order valence-corrected chi connectivity index (χ2v) is 27.8. The van der Waals surface area contributed by atoms with Crippen molar-refractivity contribution in [2.24, 2.45) is 0 Å². The molecule has 0 amide bonds. The minimum absolute atomic E-state index is 0.575. The highest BCUT2D eigenvalue weighted by Crippen LogP contribution is 2.40. The third-order valence-corrected chi connectivity index (χ3v) is 20.6. The fraction of sp³-hybridized carbons (Fsp3) is 0. The summed E-state index contributed by atoms with van der Waals surface area (Å²) < 4.78 is 8.71. The Morgan fingerprint density at radius 3 is 0.855 bits per heavy atom. The molecule has 516 valence electrons. The van der Waals surface area contributed by atoms with Crippen LogP contribution in [-0.2, 0) is 0 Å². The summed E-state index contributed by atoms with van der Waals surface area (Å²) in [5.74, 6) is 5.03. The van der Waals surface area contributed by atoms with E-state index in [9.17, 15) is 0 Å². The predicted octanol–water partition coefficient (Wildman–Crippen LogP) is 24.9. The van der Waals surface area contributed by atoms with Gasteiger partial charge in [0, 0.05) is 97.7 Å². The standard InChI is InChI=1S/C49H31N5O.C49H31N5S/c2*1-4-14-32(15-5-1)42-31-43(51-46(50-42)33-16-6-2-7-17-33)37-22-12-20-35(28-37)36-21-13-23-38(29-36)48-52-47(34-18-8-3-9-19-34)53-49(54-48)39-26-27-41-40-24-10-11-25-44(40)55-45(41)30-39/h2*1-31H. The highest BCUT2D eigenvalue weighted by Gasteiger charge is 2.20. The summed E-state index contributed by atoms with van der Waals surface area (Å²) in [6.07, 6.45) is 0. The average molecular weight is 1430 g/mol. The summed E-state index contributed by atoms with van der Waals surface area (Å²) in [6, 6.07) is 128. The number of furan rings is 1. The lowest BCUT2D eigenvalue weighted by Gasteiger charge is -2.11. The molecule has 0 unspecified atom stereocenters. The third kappa shape index (κ3) is 13.6. The Kier molecular flexibility index (Phi) is 17.6. The van der Waals surface area contributed by atoms with Gasteiger partial charge in [-0.2, -0.15) is 0 Å². The summed E-state index contributed by atoms with van der Waals surface area (Å²) in [5.41, 5.74) is 20.8. The Hall–Kier alpha value is -14.7. The zero-order chi connectivity index (χ0) is 73.1. The zero-order valence-electron chi connectivity index (χ0n) is 59.1. The van der Waals surface area contributed by atoms with Gasteiger partial charge in [-0.25, -0.2) is 49.8 Å². The van der Waals surface area contributed by atoms with Crippen LogP contribution in [0.4, 0.5) is 0 Å². The van der Waals surface area contributed by atoms with Crippen LogP contribution in [0.1, 0.15) is 0 Å². The van der Waals surface area contributed by atoms with Crippen LogP contribution in [-0.4, -0.2) is 49.8 Å². The number of fused-ring (bicyclic) bond motifs is 6. The number of rotatable bonds is 14. The van der Waals surface area contributed by atoms with Crippen molar-refractivity contribution in [1.82, 2.24) is 49.8 Å². The average Bonchev–Trinajstić information content (AvgIpc) is 1.47. The second kappa shape index (κ2) is 29.3. The van der Waals surface area contributed by atoms with E-state index in [4.69, 9.17) is 54.3 Å². The van der Waals surface area contributed by atoms with Gasteiger partial charge in [0.25, 0.3) is 0 Å². The monoisotopic (exact) mass is 1430 g/mol. The first-order chi connectivity index (χ1) is 54.4. The smallest absolute Gasteiger partial charge is 0.164 e. The van der Waals surface area contributed by atoms with Gasteiger partial charge in [0.2, 0.25) is 0 Å².